The summed E-state index contributed by atoms with van der Waals surface area (Å²) in [6.07, 6.45) is 1.37. The highest BCUT2D eigenvalue weighted by atomic mass is 35.5. The molecule has 2 amide bonds. The number of nitrogens with zero attached hydrogens (tertiary/aromatic N) is 1. The number of hydrogen-bond acceptors (Lipinski definition) is 2. The van der Waals surface area contributed by atoms with Gasteiger partial charge in [0.05, 0.1) is 0 Å². The first-order valence-electron chi connectivity index (χ1n) is 8.14. The van der Waals surface area contributed by atoms with Crippen molar-refractivity contribution in [3.05, 3.63) is 70.5 Å². The van der Waals surface area contributed by atoms with Crippen molar-refractivity contribution in [2.75, 3.05) is 13.1 Å². The minimum atomic E-state index is -0.370. The van der Waals surface area contributed by atoms with Crippen LogP contribution in [0.3, 0.4) is 0 Å². The van der Waals surface area contributed by atoms with Crippen molar-refractivity contribution in [1.82, 2.24) is 10.2 Å². The smallest absolute Gasteiger partial charge is 0.253 e. The van der Waals surface area contributed by atoms with E-state index in [2.05, 4.69) is 5.32 Å². The second-order valence-electron chi connectivity index (χ2n) is 6.05. The summed E-state index contributed by atoms with van der Waals surface area (Å²) in [4.78, 5) is 26.4. The fraction of sp³-hybridized carbons (Fsp3) is 0.263. The monoisotopic (exact) mass is 360 g/mol. The van der Waals surface area contributed by atoms with Crippen molar-refractivity contribution in [2.45, 2.75) is 18.9 Å². The summed E-state index contributed by atoms with van der Waals surface area (Å²) < 4.78 is 12.9. The van der Waals surface area contributed by atoms with Gasteiger partial charge in [0.1, 0.15) is 5.82 Å². The van der Waals surface area contributed by atoms with E-state index in [1.165, 1.54) is 24.3 Å². The van der Waals surface area contributed by atoms with Gasteiger partial charge in [-0.3, -0.25) is 9.59 Å². The van der Waals surface area contributed by atoms with E-state index in [0.29, 0.717) is 42.1 Å². The van der Waals surface area contributed by atoms with E-state index in [-0.39, 0.29) is 23.7 Å². The van der Waals surface area contributed by atoms with Gasteiger partial charge in [-0.2, -0.15) is 0 Å². The Kier molecular flexibility index (Phi) is 5.34. The molecule has 0 spiro atoms. The molecular weight excluding hydrogens is 343 g/mol. The second kappa shape index (κ2) is 7.66. The van der Waals surface area contributed by atoms with Gasteiger partial charge in [-0.25, -0.2) is 4.39 Å². The van der Waals surface area contributed by atoms with Gasteiger partial charge >= 0.3 is 0 Å². The fourth-order valence-corrected chi connectivity index (χ4v) is 3.00. The van der Waals surface area contributed by atoms with E-state index in [1.54, 1.807) is 29.2 Å². The van der Waals surface area contributed by atoms with Crippen molar-refractivity contribution in [1.29, 1.82) is 0 Å². The van der Waals surface area contributed by atoms with Gasteiger partial charge in [-0.05, 0) is 61.4 Å². The Morgan fingerprint density at radius 3 is 2.12 bits per heavy atom. The van der Waals surface area contributed by atoms with Crippen LogP contribution in [0.1, 0.15) is 33.6 Å². The van der Waals surface area contributed by atoms with Gasteiger partial charge in [-0.1, -0.05) is 11.6 Å². The van der Waals surface area contributed by atoms with Gasteiger partial charge in [0.2, 0.25) is 0 Å². The summed E-state index contributed by atoms with van der Waals surface area (Å²) >= 11 is 5.84. The number of carbonyl (C=O) groups is 2. The average Bonchev–Trinajstić information content (AvgIpc) is 2.63. The van der Waals surface area contributed by atoms with Crippen LogP contribution in [0.15, 0.2) is 48.5 Å². The van der Waals surface area contributed by atoms with E-state index in [9.17, 15) is 14.0 Å². The second-order valence-corrected chi connectivity index (χ2v) is 6.49. The lowest BCUT2D eigenvalue weighted by Gasteiger charge is -2.32. The highest BCUT2D eigenvalue weighted by Gasteiger charge is 2.24. The Morgan fingerprint density at radius 2 is 1.52 bits per heavy atom. The molecule has 3 rings (SSSR count). The average molecular weight is 361 g/mol. The summed E-state index contributed by atoms with van der Waals surface area (Å²) in [5.74, 6) is -0.618. The van der Waals surface area contributed by atoms with E-state index < -0.39 is 0 Å². The third kappa shape index (κ3) is 4.37. The first-order chi connectivity index (χ1) is 12.0. The molecule has 1 fully saturated rings. The van der Waals surface area contributed by atoms with Crippen LogP contribution in [0.4, 0.5) is 4.39 Å². The summed E-state index contributed by atoms with van der Waals surface area (Å²) in [7, 11) is 0. The van der Waals surface area contributed by atoms with Crippen LogP contribution in [-0.2, 0) is 0 Å². The summed E-state index contributed by atoms with van der Waals surface area (Å²) in [6, 6.07) is 12.3. The third-order valence-corrected chi connectivity index (χ3v) is 4.57. The molecule has 1 heterocycles. The summed E-state index contributed by atoms with van der Waals surface area (Å²) in [6.45, 7) is 1.16. The maximum atomic E-state index is 12.9. The van der Waals surface area contributed by atoms with Crippen molar-refractivity contribution >= 4 is 23.4 Å². The number of nitrogens with one attached hydrogen (secondary N) is 1. The first-order valence-corrected chi connectivity index (χ1v) is 8.52. The minimum Gasteiger partial charge on any atom is -0.349 e. The van der Waals surface area contributed by atoms with E-state index in [0.717, 1.165) is 0 Å². The van der Waals surface area contributed by atoms with E-state index >= 15 is 0 Å². The molecule has 0 aromatic heterocycles. The van der Waals surface area contributed by atoms with Crippen molar-refractivity contribution in [3.63, 3.8) is 0 Å². The molecule has 1 aliphatic heterocycles. The van der Waals surface area contributed by atoms with Gasteiger partial charge in [0, 0.05) is 35.3 Å². The number of hydrogen-bond donors (Lipinski definition) is 1. The molecule has 0 aliphatic carbocycles. The number of likely N-dealkylation sites (tertiary alicyclic amines) is 1. The molecule has 0 radical (unpaired) electrons. The third-order valence-electron chi connectivity index (χ3n) is 4.31. The maximum Gasteiger partial charge on any atom is 0.253 e. The number of amides is 2. The van der Waals surface area contributed by atoms with Crippen LogP contribution in [-0.4, -0.2) is 35.8 Å². The predicted molar refractivity (Wildman–Crippen MR) is 94.2 cm³/mol. The Morgan fingerprint density at radius 1 is 0.960 bits per heavy atom. The minimum absolute atomic E-state index is 0.00632. The normalized spacial score (nSPS) is 15.0. The molecular formula is C19H18ClFN2O2. The summed E-state index contributed by atoms with van der Waals surface area (Å²) in [5, 5.41) is 3.54. The van der Waals surface area contributed by atoms with Crippen LogP contribution in [0.2, 0.25) is 5.02 Å². The highest BCUT2D eigenvalue weighted by Crippen LogP contribution is 2.16. The molecule has 1 aliphatic rings. The largest absolute Gasteiger partial charge is 0.349 e. The molecule has 1 N–H and O–H groups in total. The number of rotatable bonds is 3. The molecule has 2 aromatic carbocycles. The lowest BCUT2D eigenvalue weighted by atomic mass is 10.0. The van der Waals surface area contributed by atoms with Gasteiger partial charge in [0.25, 0.3) is 11.8 Å². The van der Waals surface area contributed by atoms with Gasteiger partial charge in [-0.15, -0.1) is 0 Å². The summed E-state index contributed by atoms with van der Waals surface area (Å²) in [5.41, 5.74) is 1.04. The molecule has 4 nitrogen and oxygen atoms in total. The SMILES string of the molecule is O=C(NC1CCN(C(=O)c2ccc(Cl)cc2)CC1)c1ccc(F)cc1. The molecule has 0 bridgehead atoms. The van der Waals surface area contributed by atoms with Crippen LogP contribution < -0.4 is 5.32 Å². The van der Waals surface area contributed by atoms with Crippen LogP contribution in [0, 0.1) is 5.82 Å². The van der Waals surface area contributed by atoms with Gasteiger partial charge < -0.3 is 10.2 Å². The van der Waals surface area contributed by atoms with E-state index in [1.807, 2.05) is 0 Å². The highest BCUT2D eigenvalue weighted by molar-refractivity contribution is 6.30. The predicted octanol–water partition coefficient (Wildman–Crippen LogP) is 3.51. The number of benzene rings is 2. The van der Waals surface area contributed by atoms with Crippen LogP contribution in [0.25, 0.3) is 0 Å². The fourth-order valence-electron chi connectivity index (χ4n) is 2.87. The Balaban J connectivity index is 1.53. The zero-order chi connectivity index (χ0) is 17.8. The first kappa shape index (κ1) is 17.4. The van der Waals surface area contributed by atoms with Crippen molar-refractivity contribution in [3.8, 4) is 0 Å². The maximum absolute atomic E-state index is 12.9. The lowest BCUT2D eigenvalue weighted by Crippen LogP contribution is -2.46. The van der Waals surface area contributed by atoms with Crippen LogP contribution >= 0.6 is 11.6 Å². The molecule has 130 valence electrons. The molecule has 0 atom stereocenters. The Hall–Kier alpha value is -2.40. The zero-order valence-electron chi connectivity index (χ0n) is 13.5. The zero-order valence-corrected chi connectivity index (χ0v) is 14.3. The molecule has 2 aromatic rings. The standard InChI is InChI=1S/C19H18ClFN2O2/c20-15-5-1-14(2-6-15)19(25)23-11-9-17(10-12-23)22-18(24)13-3-7-16(21)8-4-13/h1-8,17H,9-12H2,(H,22,24). The molecule has 1 saturated heterocycles. The lowest BCUT2D eigenvalue weighted by molar-refractivity contribution is 0.0698. The quantitative estimate of drug-likeness (QED) is 0.910. The molecule has 25 heavy (non-hydrogen) atoms. The van der Waals surface area contributed by atoms with Gasteiger partial charge in [0.15, 0.2) is 0 Å². The van der Waals surface area contributed by atoms with Crippen LogP contribution in [0.5, 0.6) is 0 Å². The number of piperidine rings is 1. The topological polar surface area (TPSA) is 49.4 Å². The molecule has 0 unspecified atom stereocenters. The Bertz CT molecular complexity index is 754. The molecule has 6 heteroatoms. The Labute approximate surface area is 150 Å². The van der Waals surface area contributed by atoms with E-state index in [4.69, 9.17) is 11.6 Å². The number of halogens is 2. The van der Waals surface area contributed by atoms with Crippen molar-refractivity contribution in [2.24, 2.45) is 0 Å². The molecule has 0 saturated carbocycles. The number of carbonyl (C=O) groups excluding carboxylic acids is 2. The van der Waals surface area contributed by atoms with Crippen molar-refractivity contribution < 1.29 is 14.0 Å².